The molecule has 14 nitrogen and oxygen atoms in total. The van der Waals surface area contributed by atoms with E-state index in [1.807, 2.05) is 0 Å². The van der Waals surface area contributed by atoms with E-state index >= 15 is 0 Å². The molecule has 65 heavy (non-hydrogen) atoms. The Balaban J connectivity index is 0.000000425. The standard InChI is InChI=1S/C31H56O12.C20H33NO/c1-3-4-5-6-7-8-9-10-11-12-13-14-15-16-17-21(2)29(39)41-28-25(36)23(19-33)42-31(28,20-34)43-30-27(38)26(37)24(35)22(18-32)40-30;1-15(12-21-13-16(2)22-17(3)14-21)11-18-7-9-19(10-8-18)20(4,5)6/h10-11,21-28,30,32-38H,3-9,12-20H2,1-2H3;7-10,15-17H,11-14H2,1-6H3/b11-10-;/t21?,22-,23-,24-,25-,26+,27-,28+,30-,31+;15?,16-,17+/m1./s1. The molecule has 14 heteroatoms. The molecule has 0 saturated carbocycles. The molecule has 0 aromatic heterocycles. The Labute approximate surface area is 390 Å². The SMILES string of the molecule is CC(Cc1ccc(C(C)(C)C)cc1)CN1C[C@@H](C)O[C@@H](C)C1.CCCCCCCC/C=C\CCCCCCC(C)C(=O)O[C@H]1[C@H](O)[C@@H](CO)O[C@@]1(CO)O[C@H]1O[C@H](CO)[C@@H](O)[C@H](O)[C@H]1O. The normalized spacial score (nSPS) is 30.8. The highest BCUT2D eigenvalue weighted by Crippen LogP contribution is 2.38. The summed E-state index contributed by atoms with van der Waals surface area (Å²) in [6.07, 6.45) is 7.99. The topological polar surface area (TPSA) is 208 Å². The molecule has 7 N–H and O–H groups in total. The number of aliphatic hydroxyl groups excluding tert-OH is 7. The number of rotatable bonds is 25. The third-order valence-electron chi connectivity index (χ3n) is 12.8. The highest BCUT2D eigenvalue weighted by Gasteiger charge is 2.61. The lowest BCUT2D eigenvalue weighted by atomic mass is 9.86. The van der Waals surface area contributed by atoms with E-state index in [0.717, 1.165) is 58.0 Å². The minimum Gasteiger partial charge on any atom is -0.453 e. The third kappa shape index (κ3) is 18.8. The summed E-state index contributed by atoms with van der Waals surface area (Å²) in [6.45, 7) is 18.4. The Bertz CT molecular complexity index is 1460. The number of nitrogens with zero attached hydrogens (tertiary/aromatic N) is 1. The van der Waals surface area contributed by atoms with Crippen molar-refractivity contribution in [1.29, 1.82) is 0 Å². The van der Waals surface area contributed by atoms with Crippen LogP contribution >= 0.6 is 0 Å². The average molecular weight is 924 g/mol. The van der Waals surface area contributed by atoms with Crippen molar-refractivity contribution in [3.05, 3.63) is 47.5 Å². The van der Waals surface area contributed by atoms with Crippen LogP contribution in [0, 0.1) is 11.8 Å². The highest BCUT2D eigenvalue weighted by atomic mass is 16.8. The first kappa shape index (κ1) is 57.3. The number of carbonyl (C=O) groups excluding carboxylic acids is 1. The van der Waals surface area contributed by atoms with E-state index in [2.05, 4.69) is 89.8 Å². The summed E-state index contributed by atoms with van der Waals surface area (Å²) in [5.41, 5.74) is 3.11. The summed E-state index contributed by atoms with van der Waals surface area (Å²) < 4.78 is 27.9. The van der Waals surface area contributed by atoms with Crippen molar-refractivity contribution >= 4 is 5.97 Å². The summed E-state index contributed by atoms with van der Waals surface area (Å²) in [7, 11) is 0. The van der Waals surface area contributed by atoms with Crippen LogP contribution in [0.4, 0.5) is 0 Å². The number of morpholine rings is 1. The molecule has 376 valence electrons. The molecule has 0 aliphatic carbocycles. The molecule has 3 aliphatic rings. The van der Waals surface area contributed by atoms with Gasteiger partial charge in [0.05, 0.1) is 31.3 Å². The van der Waals surface area contributed by atoms with Crippen LogP contribution in [0.15, 0.2) is 36.4 Å². The van der Waals surface area contributed by atoms with E-state index in [0.29, 0.717) is 24.5 Å². The largest absolute Gasteiger partial charge is 0.453 e. The molecule has 1 aromatic carbocycles. The molecule has 0 radical (unpaired) electrons. The summed E-state index contributed by atoms with van der Waals surface area (Å²) in [6, 6.07) is 9.20. The summed E-state index contributed by atoms with van der Waals surface area (Å²) in [5.74, 6) is -2.79. The lowest BCUT2D eigenvalue weighted by Crippen LogP contribution is -2.63. The van der Waals surface area contributed by atoms with Gasteiger partial charge in [0.25, 0.3) is 0 Å². The second-order valence-corrected chi connectivity index (χ2v) is 20.1. The number of allylic oxidation sites excluding steroid dienone is 2. The summed E-state index contributed by atoms with van der Waals surface area (Å²) in [5, 5.41) is 70.7. The van der Waals surface area contributed by atoms with Crippen LogP contribution in [-0.2, 0) is 40.3 Å². The molecule has 0 spiro atoms. The van der Waals surface area contributed by atoms with Crippen molar-refractivity contribution < 1.29 is 64.2 Å². The average Bonchev–Trinajstić information content (AvgIpc) is 3.52. The van der Waals surface area contributed by atoms with Gasteiger partial charge in [-0.2, -0.15) is 0 Å². The van der Waals surface area contributed by atoms with E-state index in [1.54, 1.807) is 6.92 Å². The van der Waals surface area contributed by atoms with Crippen molar-refractivity contribution in [2.75, 3.05) is 39.5 Å². The van der Waals surface area contributed by atoms with Gasteiger partial charge in [-0.25, -0.2) is 0 Å². The monoisotopic (exact) mass is 924 g/mol. The fourth-order valence-electron chi connectivity index (χ4n) is 8.96. The van der Waals surface area contributed by atoms with Crippen LogP contribution < -0.4 is 0 Å². The van der Waals surface area contributed by atoms with Gasteiger partial charge in [0.15, 0.2) is 12.4 Å². The van der Waals surface area contributed by atoms with Gasteiger partial charge in [-0.15, -0.1) is 0 Å². The van der Waals surface area contributed by atoms with Crippen molar-refractivity contribution in [3.8, 4) is 0 Å². The molecule has 3 aliphatic heterocycles. The van der Waals surface area contributed by atoms with Gasteiger partial charge in [-0.3, -0.25) is 9.69 Å². The van der Waals surface area contributed by atoms with E-state index in [-0.39, 0.29) is 5.41 Å². The van der Waals surface area contributed by atoms with Crippen LogP contribution in [0.2, 0.25) is 0 Å². The Morgan fingerprint density at radius 3 is 1.91 bits per heavy atom. The van der Waals surface area contributed by atoms with Gasteiger partial charge < -0.3 is 59.4 Å². The van der Waals surface area contributed by atoms with Crippen LogP contribution in [0.5, 0.6) is 0 Å². The number of ether oxygens (including phenoxy) is 5. The zero-order valence-corrected chi connectivity index (χ0v) is 41.1. The maximum absolute atomic E-state index is 13.0. The molecule has 3 heterocycles. The van der Waals surface area contributed by atoms with Gasteiger partial charge in [0.2, 0.25) is 5.79 Å². The van der Waals surface area contributed by atoms with Crippen LogP contribution in [0.25, 0.3) is 0 Å². The number of aliphatic hydroxyl groups is 7. The number of unbranched alkanes of at least 4 members (excludes halogenated alkanes) is 10. The molecular formula is C51H89NO13. The first-order chi connectivity index (χ1) is 30.9. The molecule has 2 unspecified atom stereocenters. The summed E-state index contributed by atoms with van der Waals surface area (Å²) >= 11 is 0. The van der Waals surface area contributed by atoms with Crippen LogP contribution in [0.1, 0.15) is 150 Å². The third-order valence-corrected chi connectivity index (χ3v) is 12.8. The molecule has 4 rings (SSSR count). The van der Waals surface area contributed by atoms with E-state index in [4.69, 9.17) is 23.7 Å². The molecule has 3 saturated heterocycles. The zero-order valence-electron chi connectivity index (χ0n) is 41.1. The smallest absolute Gasteiger partial charge is 0.309 e. The fraction of sp³-hybridized carbons (Fsp3) is 0.824. The highest BCUT2D eigenvalue weighted by molar-refractivity contribution is 5.72. The molecule has 0 bridgehead atoms. The van der Waals surface area contributed by atoms with Gasteiger partial charge in [-0.05, 0) is 74.8 Å². The predicted molar refractivity (Wildman–Crippen MR) is 251 cm³/mol. The summed E-state index contributed by atoms with van der Waals surface area (Å²) in [4.78, 5) is 15.5. The van der Waals surface area contributed by atoms with Crippen molar-refractivity contribution in [2.45, 2.75) is 218 Å². The van der Waals surface area contributed by atoms with E-state index in [1.165, 1.54) is 56.2 Å². The van der Waals surface area contributed by atoms with Crippen molar-refractivity contribution in [1.82, 2.24) is 4.90 Å². The molecule has 1 aromatic rings. The molecule has 3 fully saturated rings. The second kappa shape index (κ2) is 29.1. The van der Waals surface area contributed by atoms with Gasteiger partial charge >= 0.3 is 5.97 Å². The van der Waals surface area contributed by atoms with Gasteiger partial charge in [0.1, 0.15) is 43.2 Å². The number of esters is 1. The lowest BCUT2D eigenvalue weighted by molar-refractivity contribution is -0.384. The Morgan fingerprint density at radius 1 is 0.785 bits per heavy atom. The van der Waals surface area contributed by atoms with Crippen LogP contribution in [-0.4, -0.2) is 153 Å². The first-order valence-corrected chi connectivity index (χ1v) is 24.8. The molecule has 0 amide bonds. The minimum atomic E-state index is -2.27. The fourth-order valence-corrected chi connectivity index (χ4v) is 8.96. The van der Waals surface area contributed by atoms with Crippen LogP contribution in [0.3, 0.4) is 0 Å². The maximum atomic E-state index is 13.0. The van der Waals surface area contributed by atoms with Crippen molar-refractivity contribution in [2.24, 2.45) is 11.8 Å². The van der Waals surface area contributed by atoms with Gasteiger partial charge in [0, 0.05) is 19.6 Å². The predicted octanol–water partition coefficient (Wildman–Crippen LogP) is 5.71. The van der Waals surface area contributed by atoms with Gasteiger partial charge in [-0.1, -0.05) is 129 Å². The van der Waals surface area contributed by atoms with E-state index < -0.39 is 86.5 Å². The number of benzene rings is 1. The Hall–Kier alpha value is -2.05. The Kier molecular flexibility index (Phi) is 25.6. The Morgan fingerprint density at radius 2 is 1.35 bits per heavy atom. The molecule has 13 atom stereocenters. The number of hydrogen-bond donors (Lipinski definition) is 7. The number of hydrogen-bond acceptors (Lipinski definition) is 14. The van der Waals surface area contributed by atoms with E-state index in [9.17, 15) is 40.5 Å². The second-order valence-electron chi connectivity index (χ2n) is 20.1. The first-order valence-electron chi connectivity index (χ1n) is 24.8. The lowest BCUT2D eigenvalue weighted by Gasteiger charge is -2.43. The quantitative estimate of drug-likeness (QED) is 0.0357. The minimum absolute atomic E-state index is 0.240. The van der Waals surface area contributed by atoms with Crippen molar-refractivity contribution in [3.63, 3.8) is 0 Å². The molecular weight excluding hydrogens is 835 g/mol. The maximum Gasteiger partial charge on any atom is 0.309 e. The zero-order chi connectivity index (χ0) is 48.2. The number of carbonyl (C=O) groups is 1.